The number of halogens is 1. The van der Waals surface area contributed by atoms with Gasteiger partial charge in [-0.05, 0) is 40.5 Å². The first kappa shape index (κ1) is 14.9. The Balaban J connectivity index is 2.33. The number of carbonyl (C=O) groups excluding carboxylic acids is 1. The Labute approximate surface area is 114 Å². The Hall–Kier alpha value is -1.11. The summed E-state index contributed by atoms with van der Waals surface area (Å²) in [7, 11) is 0. The molecular formula is C12H17BrN2O3. The average Bonchev–Trinajstić information content (AvgIpc) is 2.27. The van der Waals surface area contributed by atoms with Crippen LogP contribution in [0.4, 0.5) is 0 Å². The van der Waals surface area contributed by atoms with Crippen molar-refractivity contribution < 1.29 is 14.6 Å². The first-order valence-electron chi connectivity index (χ1n) is 5.55. The molecule has 4 N–H and O–H groups in total. The third-order valence-corrected chi connectivity index (χ3v) is 2.82. The summed E-state index contributed by atoms with van der Waals surface area (Å²) in [5.41, 5.74) is 6.08. The minimum absolute atomic E-state index is 0.0469. The number of nitrogens with two attached hydrogens (primary N) is 1. The average molecular weight is 317 g/mol. The summed E-state index contributed by atoms with van der Waals surface area (Å²) in [6.07, 6.45) is -0.697. The van der Waals surface area contributed by atoms with E-state index in [4.69, 9.17) is 10.5 Å². The highest BCUT2D eigenvalue weighted by molar-refractivity contribution is 9.10. The van der Waals surface area contributed by atoms with Gasteiger partial charge in [-0.1, -0.05) is 6.07 Å². The third-order valence-electron chi connectivity index (χ3n) is 2.20. The predicted octanol–water partition coefficient (Wildman–Crippen LogP) is 0.572. The number of benzene rings is 1. The Morgan fingerprint density at radius 2 is 2.33 bits per heavy atom. The fourth-order valence-corrected chi connectivity index (χ4v) is 1.94. The van der Waals surface area contributed by atoms with Crippen LogP contribution in [0.5, 0.6) is 5.75 Å². The van der Waals surface area contributed by atoms with Crippen molar-refractivity contribution in [1.29, 1.82) is 0 Å². The predicted molar refractivity (Wildman–Crippen MR) is 72.4 cm³/mol. The second-order valence-electron chi connectivity index (χ2n) is 4.00. The maximum absolute atomic E-state index is 10.5. The molecule has 100 valence electrons. The third kappa shape index (κ3) is 5.48. The standard InChI is InChI=1S/C12H17BrN2O3/c1-8-2-3-11(10(13)4-8)18-7-9(16)5-15-6-12(14)17/h2-4,9,15-16H,5-7H2,1H3,(H2,14,17). The number of nitrogens with one attached hydrogen (secondary N) is 1. The largest absolute Gasteiger partial charge is 0.490 e. The number of ether oxygens (including phenoxy) is 1. The van der Waals surface area contributed by atoms with Crippen molar-refractivity contribution >= 4 is 21.8 Å². The second kappa shape index (κ2) is 7.35. The van der Waals surface area contributed by atoms with E-state index >= 15 is 0 Å². The number of carbonyl (C=O) groups is 1. The molecule has 1 aromatic carbocycles. The van der Waals surface area contributed by atoms with E-state index in [-0.39, 0.29) is 19.7 Å². The quantitative estimate of drug-likeness (QED) is 0.686. The second-order valence-corrected chi connectivity index (χ2v) is 4.85. The fourth-order valence-electron chi connectivity index (χ4n) is 1.33. The molecule has 0 radical (unpaired) electrons. The number of amides is 1. The van der Waals surface area contributed by atoms with Crippen LogP contribution < -0.4 is 15.8 Å². The molecule has 1 rings (SSSR count). The van der Waals surface area contributed by atoms with Crippen LogP contribution in [0.25, 0.3) is 0 Å². The van der Waals surface area contributed by atoms with E-state index in [1.165, 1.54) is 0 Å². The van der Waals surface area contributed by atoms with E-state index in [0.717, 1.165) is 10.0 Å². The van der Waals surface area contributed by atoms with E-state index < -0.39 is 12.0 Å². The molecule has 0 aliphatic heterocycles. The number of aryl methyl sites for hydroxylation is 1. The zero-order valence-electron chi connectivity index (χ0n) is 10.1. The molecule has 5 nitrogen and oxygen atoms in total. The molecule has 18 heavy (non-hydrogen) atoms. The number of hydrogen-bond acceptors (Lipinski definition) is 4. The van der Waals surface area contributed by atoms with Gasteiger partial charge in [0.25, 0.3) is 0 Å². The lowest BCUT2D eigenvalue weighted by Gasteiger charge is -2.13. The summed E-state index contributed by atoms with van der Waals surface area (Å²) in [5, 5.41) is 12.3. The number of aliphatic hydroxyl groups excluding tert-OH is 1. The molecule has 0 fully saturated rings. The van der Waals surface area contributed by atoms with Gasteiger partial charge in [0, 0.05) is 6.54 Å². The SMILES string of the molecule is Cc1ccc(OCC(O)CNCC(N)=O)c(Br)c1. The van der Waals surface area contributed by atoms with Gasteiger partial charge < -0.3 is 20.9 Å². The van der Waals surface area contributed by atoms with Crippen molar-refractivity contribution in [1.82, 2.24) is 5.32 Å². The van der Waals surface area contributed by atoms with E-state index in [9.17, 15) is 9.90 Å². The lowest BCUT2D eigenvalue weighted by Crippen LogP contribution is -2.36. The van der Waals surface area contributed by atoms with Crippen molar-refractivity contribution in [2.24, 2.45) is 5.73 Å². The number of primary amides is 1. The van der Waals surface area contributed by atoms with Crippen LogP contribution in [0.2, 0.25) is 0 Å². The molecular weight excluding hydrogens is 300 g/mol. The molecule has 0 aliphatic rings. The van der Waals surface area contributed by atoms with Gasteiger partial charge in [0.1, 0.15) is 18.5 Å². The Morgan fingerprint density at radius 3 is 2.94 bits per heavy atom. The summed E-state index contributed by atoms with van der Waals surface area (Å²) in [6.45, 7) is 2.43. The first-order chi connectivity index (χ1) is 8.49. The Kier molecular flexibility index (Phi) is 6.11. The molecule has 1 amide bonds. The van der Waals surface area contributed by atoms with Gasteiger partial charge in [-0.15, -0.1) is 0 Å². The normalized spacial score (nSPS) is 12.2. The van der Waals surface area contributed by atoms with Crippen LogP contribution in [0.3, 0.4) is 0 Å². The number of rotatable bonds is 7. The molecule has 0 aliphatic carbocycles. The molecule has 0 saturated heterocycles. The first-order valence-corrected chi connectivity index (χ1v) is 6.34. The zero-order valence-corrected chi connectivity index (χ0v) is 11.7. The summed E-state index contributed by atoms with van der Waals surface area (Å²) in [6, 6.07) is 5.70. The van der Waals surface area contributed by atoms with Crippen LogP contribution in [0.1, 0.15) is 5.56 Å². The van der Waals surface area contributed by atoms with Crippen molar-refractivity contribution in [3.63, 3.8) is 0 Å². The summed E-state index contributed by atoms with van der Waals surface area (Å²) >= 11 is 3.39. The summed E-state index contributed by atoms with van der Waals surface area (Å²) < 4.78 is 6.31. The van der Waals surface area contributed by atoms with Gasteiger partial charge in [0.15, 0.2) is 0 Å². The fraction of sp³-hybridized carbons (Fsp3) is 0.417. The van der Waals surface area contributed by atoms with E-state index in [1.54, 1.807) is 0 Å². The highest BCUT2D eigenvalue weighted by Gasteiger charge is 2.07. The highest BCUT2D eigenvalue weighted by atomic mass is 79.9. The minimum atomic E-state index is -0.697. The smallest absolute Gasteiger partial charge is 0.231 e. The Bertz CT molecular complexity index is 412. The van der Waals surface area contributed by atoms with Crippen molar-refractivity contribution in [3.05, 3.63) is 28.2 Å². The van der Waals surface area contributed by atoms with Gasteiger partial charge in [-0.3, -0.25) is 4.79 Å². The summed E-state index contributed by atoms with van der Waals surface area (Å²) in [4.78, 5) is 10.5. The lowest BCUT2D eigenvalue weighted by atomic mass is 10.2. The zero-order chi connectivity index (χ0) is 13.5. The maximum Gasteiger partial charge on any atom is 0.231 e. The number of aliphatic hydroxyl groups is 1. The van der Waals surface area contributed by atoms with E-state index in [1.807, 2.05) is 25.1 Å². The topological polar surface area (TPSA) is 84.6 Å². The van der Waals surface area contributed by atoms with Crippen LogP contribution in [-0.4, -0.2) is 36.8 Å². The highest BCUT2D eigenvalue weighted by Crippen LogP contribution is 2.25. The summed E-state index contributed by atoms with van der Waals surface area (Å²) in [5.74, 6) is 0.221. The monoisotopic (exact) mass is 316 g/mol. The maximum atomic E-state index is 10.5. The van der Waals surface area contributed by atoms with Crippen molar-refractivity contribution in [2.45, 2.75) is 13.0 Å². The van der Waals surface area contributed by atoms with Crippen molar-refractivity contribution in [2.75, 3.05) is 19.7 Å². The van der Waals surface area contributed by atoms with Crippen LogP contribution in [0.15, 0.2) is 22.7 Å². The van der Waals surface area contributed by atoms with Crippen LogP contribution in [0, 0.1) is 6.92 Å². The van der Waals surface area contributed by atoms with Gasteiger partial charge >= 0.3 is 0 Å². The molecule has 1 unspecified atom stereocenters. The van der Waals surface area contributed by atoms with E-state index in [2.05, 4.69) is 21.2 Å². The van der Waals surface area contributed by atoms with E-state index in [0.29, 0.717) is 5.75 Å². The van der Waals surface area contributed by atoms with Gasteiger partial charge in [0.2, 0.25) is 5.91 Å². The molecule has 6 heteroatoms. The van der Waals surface area contributed by atoms with Crippen LogP contribution in [-0.2, 0) is 4.79 Å². The molecule has 0 bridgehead atoms. The molecule has 0 spiro atoms. The lowest BCUT2D eigenvalue weighted by molar-refractivity contribution is -0.117. The molecule has 0 saturated carbocycles. The van der Waals surface area contributed by atoms with Gasteiger partial charge in [0.05, 0.1) is 11.0 Å². The Morgan fingerprint density at radius 1 is 1.61 bits per heavy atom. The molecule has 1 aromatic rings. The molecule has 0 heterocycles. The van der Waals surface area contributed by atoms with Gasteiger partial charge in [-0.25, -0.2) is 0 Å². The van der Waals surface area contributed by atoms with Crippen LogP contribution >= 0.6 is 15.9 Å². The van der Waals surface area contributed by atoms with Gasteiger partial charge in [-0.2, -0.15) is 0 Å². The molecule has 1 atom stereocenters. The molecule has 0 aromatic heterocycles. The minimum Gasteiger partial charge on any atom is -0.490 e. The van der Waals surface area contributed by atoms with Crippen molar-refractivity contribution in [3.8, 4) is 5.75 Å². The number of hydrogen-bond donors (Lipinski definition) is 3.